The van der Waals surface area contributed by atoms with Crippen LogP contribution < -0.4 is 5.11 Å². The van der Waals surface area contributed by atoms with Crippen LogP contribution in [0.2, 0.25) is 0 Å². The fourth-order valence-electron chi connectivity index (χ4n) is 1.51. The molecule has 0 saturated carbocycles. The van der Waals surface area contributed by atoms with Crippen molar-refractivity contribution >= 4 is 5.97 Å². The summed E-state index contributed by atoms with van der Waals surface area (Å²) < 4.78 is 26.4. The van der Waals surface area contributed by atoms with Crippen LogP contribution in [0.4, 0.5) is 8.78 Å². The lowest BCUT2D eigenvalue weighted by Gasteiger charge is -2.06. The summed E-state index contributed by atoms with van der Waals surface area (Å²) in [5.74, 6) is -3.20. The van der Waals surface area contributed by atoms with Crippen molar-refractivity contribution in [2.24, 2.45) is 0 Å². The molecule has 17 heavy (non-hydrogen) atoms. The lowest BCUT2D eigenvalue weighted by Crippen LogP contribution is -2.21. The zero-order chi connectivity index (χ0) is 12.4. The first-order chi connectivity index (χ1) is 8.09. The van der Waals surface area contributed by atoms with Gasteiger partial charge in [-0.2, -0.15) is 0 Å². The van der Waals surface area contributed by atoms with Crippen LogP contribution in [-0.4, -0.2) is 5.97 Å². The maximum atomic E-state index is 13.4. The molecule has 0 aliphatic rings. The summed E-state index contributed by atoms with van der Waals surface area (Å²) in [6, 6.07) is 9.22. The standard InChI is InChI=1S/C13H8F2O2/c14-11-3-1-2-10(12(11)15)8-4-6-9(7-5-8)13(16)17/h1-7H,(H,16,17)/p-1. The molecular formula is C13H7F2O2-. The minimum absolute atomic E-state index is 0.00874. The Morgan fingerprint density at radius 2 is 1.65 bits per heavy atom. The van der Waals surface area contributed by atoms with Gasteiger partial charge in [0, 0.05) is 5.56 Å². The van der Waals surface area contributed by atoms with Crippen molar-refractivity contribution in [3.63, 3.8) is 0 Å². The Morgan fingerprint density at radius 1 is 1.00 bits per heavy atom. The van der Waals surface area contributed by atoms with E-state index < -0.39 is 17.6 Å². The minimum Gasteiger partial charge on any atom is -0.545 e. The molecule has 0 saturated heterocycles. The van der Waals surface area contributed by atoms with Crippen LogP contribution in [0.1, 0.15) is 10.4 Å². The number of halogens is 2. The molecule has 0 unspecified atom stereocenters. The third-order valence-corrected chi connectivity index (χ3v) is 2.38. The molecule has 0 fully saturated rings. The number of carboxylic acids is 1. The Hall–Kier alpha value is -2.23. The fraction of sp³-hybridized carbons (Fsp3) is 0. The van der Waals surface area contributed by atoms with Gasteiger partial charge in [-0.25, -0.2) is 8.78 Å². The molecule has 0 radical (unpaired) electrons. The zero-order valence-corrected chi connectivity index (χ0v) is 8.61. The smallest absolute Gasteiger partial charge is 0.166 e. The van der Waals surface area contributed by atoms with E-state index in [0.29, 0.717) is 5.56 Å². The summed E-state index contributed by atoms with van der Waals surface area (Å²) in [6.07, 6.45) is 0. The molecule has 0 aliphatic heterocycles. The topological polar surface area (TPSA) is 40.1 Å². The Bertz CT molecular complexity index is 562. The number of benzene rings is 2. The van der Waals surface area contributed by atoms with Gasteiger partial charge >= 0.3 is 0 Å². The molecule has 2 aromatic carbocycles. The van der Waals surface area contributed by atoms with Crippen molar-refractivity contribution in [3.8, 4) is 11.1 Å². The van der Waals surface area contributed by atoms with E-state index in [-0.39, 0.29) is 11.1 Å². The van der Waals surface area contributed by atoms with Crippen molar-refractivity contribution in [2.45, 2.75) is 0 Å². The van der Waals surface area contributed by atoms with Gasteiger partial charge in [-0.1, -0.05) is 36.4 Å². The summed E-state index contributed by atoms with van der Waals surface area (Å²) in [5, 5.41) is 10.5. The van der Waals surface area contributed by atoms with E-state index in [1.807, 2.05) is 0 Å². The van der Waals surface area contributed by atoms with Crippen LogP contribution >= 0.6 is 0 Å². The number of aromatic carboxylic acids is 1. The molecule has 0 spiro atoms. The summed E-state index contributed by atoms with van der Waals surface area (Å²) in [5.41, 5.74) is 0.493. The van der Waals surface area contributed by atoms with E-state index in [9.17, 15) is 18.7 Å². The molecule has 0 N–H and O–H groups in total. The number of hydrogen-bond acceptors (Lipinski definition) is 2. The number of carboxylic acid groups (broad SMARTS) is 1. The van der Waals surface area contributed by atoms with Gasteiger partial charge in [0.1, 0.15) is 0 Å². The molecule has 86 valence electrons. The van der Waals surface area contributed by atoms with E-state index in [4.69, 9.17) is 0 Å². The van der Waals surface area contributed by atoms with Crippen LogP contribution in [0.25, 0.3) is 11.1 Å². The highest BCUT2D eigenvalue weighted by atomic mass is 19.2. The third kappa shape index (κ3) is 2.15. The van der Waals surface area contributed by atoms with Gasteiger partial charge in [0.2, 0.25) is 0 Å². The first-order valence-electron chi connectivity index (χ1n) is 4.85. The fourth-order valence-corrected chi connectivity index (χ4v) is 1.51. The predicted molar refractivity (Wildman–Crippen MR) is 56.1 cm³/mol. The molecule has 0 heterocycles. The highest BCUT2D eigenvalue weighted by Crippen LogP contribution is 2.24. The largest absolute Gasteiger partial charge is 0.545 e. The van der Waals surface area contributed by atoms with Crippen molar-refractivity contribution in [3.05, 3.63) is 59.7 Å². The number of carbonyl (C=O) groups excluding carboxylic acids is 1. The minimum atomic E-state index is -1.31. The molecule has 0 bridgehead atoms. The van der Waals surface area contributed by atoms with E-state index in [0.717, 1.165) is 6.07 Å². The van der Waals surface area contributed by atoms with Gasteiger partial charge in [0.05, 0.1) is 5.97 Å². The van der Waals surface area contributed by atoms with Crippen LogP contribution in [-0.2, 0) is 0 Å². The van der Waals surface area contributed by atoms with Crippen molar-refractivity contribution in [1.29, 1.82) is 0 Å². The lowest BCUT2D eigenvalue weighted by atomic mass is 10.0. The van der Waals surface area contributed by atoms with Gasteiger partial charge in [-0.05, 0) is 17.2 Å². The summed E-state index contributed by atoms with van der Waals surface area (Å²) in [6.45, 7) is 0. The Kier molecular flexibility index (Phi) is 2.87. The van der Waals surface area contributed by atoms with Gasteiger partial charge in [0.25, 0.3) is 0 Å². The molecule has 2 aromatic rings. The Labute approximate surface area is 96.1 Å². The second kappa shape index (κ2) is 4.33. The average Bonchev–Trinajstić information content (AvgIpc) is 2.33. The first kappa shape index (κ1) is 11.3. The van der Waals surface area contributed by atoms with Crippen molar-refractivity contribution < 1.29 is 18.7 Å². The first-order valence-corrected chi connectivity index (χ1v) is 4.85. The average molecular weight is 233 g/mol. The van der Waals surface area contributed by atoms with Crippen LogP contribution in [0, 0.1) is 11.6 Å². The maximum Gasteiger partial charge on any atom is 0.166 e. The van der Waals surface area contributed by atoms with Gasteiger partial charge in [0.15, 0.2) is 11.6 Å². The quantitative estimate of drug-likeness (QED) is 0.795. The summed E-state index contributed by atoms with van der Waals surface area (Å²) in [7, 11) is 0. The molecule has 4 heteroatoms. The highest BCUT2D eigenvalue weighted by molar-refractivity contribution is 5.86. The normalized spacial score (nSPS) is 10.2. The predicted octanol–water partition coefficient (Wildman–Crippen LogP) is 2.00. The van der Waals surface area contributed by atoms with E-state index in [2.05, 4.69) is 0 Å². The van der Waals surface area contributed by atoms with Crippen LogP contribution in [0.5, 0.6) is 0 Å². The van der Waals surface area contributed by atoms with Crippen LogP contribution in [0.15, 0.2) is 42.5 Å². The molecular weight excluding hydrogens is 226 g/mol. The lowest BCUT2D eigenvalue weighted by molar-refractivity contribution is -0.255. The second-order valence-electron chi connectivity index (χ2n) is 3.47. The SMILES string of the molecule is O=C([O-])c1ccc(-c2cccc(F)c2F)cc1. The molecule has 0 amide bonds. The monoisotopic (exact) mass is 233 g/mol. The molecule has 0 atom stereocenters. The Balaban J connectivity index is 2.47. The highest BCUT2D eigenvalue weighted by Gasteiger charge is 2.09. The third-order valence-electron chi connectivity index (χ3n) is 2.38. The van der Waals surface area contributed by atoms with E-state index in [1.54, 1.807) is 0 Å². The molecule has 2 rings (SSSR count). The van der Waals surface area contributed by atoms with E-state index in [1.165, 1.54) is 36.4 Å². The van der Waals surface area contributed by atoms with Gasteiger partial charge < -0.3 is 9.90 Å². The maximum absolute atomic E-state index is 13.4. The summed E-state index contributed by atoms with van der Waals surface area (Å²) >= 11 is 0. The number of rotatable bonds is 2. The van der Waals surface area contributed by atoms with Gasteiger partial charge in [-0.15, -0.1) is 0 Å². The second-order valence-corrected chi connectivity index (χ2v) is 3.47. The van der Waals surface area contributed by atoms with E-state index >= 15 is 0 Å². The number of hydrogen-bond donors (Lipinski definition) is 0. The van der Waals surface area contributed by atoms with Crippen LogP contribution in [0.3, 0.4) is 0 Å². The van der Waals surface area contributed by atoms with Crippen molar-refractivity contribution in [1.82, 2.24) is 0 Å². The molecule has 0 aliphatic carbocycles. The molecule has 0 aromatic heterocycles. The van der Waals surface area contributed by atoms with Crippen molar-refractivity contribution in [2.75, 3.05) is 0 Å². The zero-order valence-electron chi connectivity index (χ0n) is 8.61. The summed E-state index contributed by atoms with van der Waals surface area (Å²) in [4.78, 5) is 10.5. The number of carbonyl (C=O) groups is 1. The molecule has 2 nitrogen and oxygen atoms in total. The Morgan fingerprint density at radius 3 is 2.24 bits per heavy atom. The van der Waals surface area contributed by atoms with Gasteiger partial charge in [-0.3, -0.25) is 0 Å².